The zero-order valence-corrected chi connectivity index (χ0v) is 23.7. The molecule has 0 bridgehead atoms. The van der Waals surface area contributed by atoms with E-state index in [2.05, 4.69) is 27.1 Å². The second-order valence-electron chi connectivity index (χ2n) is 9.42. The first-order valence-electron chi connectivity index (χ1n) is 12.7. The topological polar surface area (TPSA) is 89.5 Å². The third kappa shape index (κ3) is 5.85. The lowest BCUT2D eigenvalue weighted by atomic mass is 9.88. The summed E-state index contributed by atoms with van der Waals surface area (Å²) in [6, 6.07) is 18.4. The number of fused-ring (bicyclic) bond motifs is 1. The van der Waals surface area contributed by atoms with Crippen LogP contribution in [0.5, 0.6) is 11.5 Å². The second-order valence-corrected chi connectivity index (χ2v) is 10.7. The number of benzene rings is 3. The highest BCUT2D eigenvalue weighted by Gasteiger charge is 2.22. The highest BCUT2D eigenvalue weighted by Crippen LogP contribution is 2.37. The summed E-state index contributed by atoms with van der Waals surface area (Å²) in [5.74, 6) is 1.63. The van der Waals surface area contributed by atoms with Crippen molar-refractivity contribution in [2.24, 2.45) is 5.10 Å². The van der Waals surface area contributed by atoms with Gasteiger partial charge in [-0.1, -0.05) is 65.0 Å². The number of ether oxygens (including phenoxy) is 2. The van der Waals surface area contributed by atoms with Crippen molar-refractivity contribution in [1.82, 2.24) is 9.66 Å². The molecule has 1 saturated carbocycles. The minimum atomic E-state index is -0.215. The highest BCUT2D eigenvalue weighted by atomic mass is 79.9. The van der Waals surface area contributed by atoms with Gasteiger partial charge in [-0.3, -0.25) is 4.79 Å². The molecular formula is C30H26BrClN4O3. The summed E-state index contributed by atoms with van der Waals surface area (Å²) in [7, 11) is 1.53. The Balaban J connectivity index is 1.50. The van der Waals surface area contributed by atoms with Crippen LogP contribution in [0.3, 0.4) is 0 Å². The van der Waals surface area contributed by atoms with Gasteiger partial charge >= 0.3 is 0 Å². The minimum Gasteiger partial charge on any atom is -0.493 e. The Morgan fingerprint density at radius 1 is 1.18 bits per heavy atom. The van der Waals surface area contributed by atoms with E-state index >= 15 is 0 Å². The number of aromatic nitrogens is 2. The van der Waals surface area contributed by atoms with Gasteiger partial charge < -0.3 is 9.47 Å². The van der Waals surface area contributed by atoms with Gasteiger partial charge in [-0.05, 0) is 54.8 Å². The number of methoxy groups -OCH3 is 1. The van der Waals surface area contributed by atoms with Gasteiger partial charge in [0.15, 0.2) is 11.5 Å². The Hall–Kier alpha value is -3.67. The van der Waals surface area contributed by atoms with E-state index in [4.69, 9.17) is 26.1 Å². The number of nitrogens with zero attached hydrogens (tertiary/aromatic N) is 4. The molecule has 0 N–H and O–H groups in total. The molecule has 39 heavy (non-hydrogen) atoms. The lowest BCUT2D eigenvalue weighted by molar-refractivity contribution is 0.284. The van der Waals surface area contributed by atoms with Gasteiger partial charge in [-0.15, -0.1) is 0 Å². The fourth-order valence-electron chi connectivity index (χ4n) is 4.89. The Morgan fingerprint density at radius 3 is 2.74 bits per heavy atom. The second kappa shape index (κ2) is 12.0. The molecule has 1 aliphatic carbocycles. The van der Waals surface area contributed by atoms with Crippen LogP contribution in [-0.2, 0) is 6.61 Å². The molecule has 0 unspecified atom stereocenters. The Kier molecular flexibility index (Phi) is 8.30. The van der Waals surface area contributed by atoms with Gasteiger partial charge in [0.2, 0.25) is 0 Å². The molecule has 1 heterocycles. The molecule has 1 fully saturated rings. The van der Waals surface area contributed by atoms with Gasteiger partial charge in [0.25, 0.3) is 5.56 Å². The van der Waals surface area contributed by atoms with E-state index in [-0.39, 0.29) is 18.1 Å². The summed E-state index contributed by atoms with van der Waals surface area (Å²) in [5, 5.41) is 14.8. The molecule has 0 saturated heterocycles. The van der Waals surface area contributed by atoms with Crippen LogP contribution in [0.15, 0.2) is 69.0 Å². The van der Waals surface area contributed by atoms with Crippen LogP contribution in [0.4, 0.5) is 0 Å². The van der Waals surface area contributed by atoms with Gasteiger partial charge in [0.05, 0.1) is 40.9 Å². The quantitative estimate of drug-likeness (QED) is 0.208. The van der Waals surface area contributed by atoms with Crippen molar-refractivity contribution in [3.8, 4) is 17.6 Å². The predicted octanol–water partition coefficient (Wildman–Crippen LogP) is 7.20. The molecule has 7 nitrogen and oxygen atoms in total. The summed E-state index contributed by atoms with van der Waals surface area (Å²) in [6.07, 6.45) is 6.95. The average Bonchev–Trinajstić information content (AvgIpc) is 2.96. The van der Waals surface area contributed by atoms with Crippen molar-refractivity contribution in [3.05, 3.63) is 97.0 Å². The van der Waals surface area contributed by atoms with Crippen LogP contribution in [0.2, 0.25) is 5.02 Å². The molecular weight excluding hydrogens is 580 g/mol. The van der Waals surface area contributed by atoms with E-state index < -0.39 is 0 Å². The Morgan fingerprint density at radius 2 is 1.97 bits per heavy atom. The molecule has 0 aliphatic heterocycles. The summed E-state index contributed by atoms with van der Waals surface area (Å²) >= 11 is 10.1. The fraction of sp³-hybridized carbons (Fsp3) is 0.267. The molecule has 9 heteroatoms. The molecule has 1 aromatic heterocycles. The molecule has 0 atom stereocenters. The van der Waals surface area contributed by atoms with Gasteiger partial charge in [0, 0.05) is 16.0 Å². The zero-order chi connectivity index (χ0) is 27.4. The van der Waals surface area contributed by atoms with Crippen LogP contribution >= 0.6 is 27.5 Å². The van der Waals surface area contributed by atoms with Crippen molar-refractivity contribution in [2.75, 3.05) is 7.11 Å². The number of hydrogen-bond acceptors (Lipinski definition) is 6. The smallest absolute Gasteiger partial charge is 0.282 e. The van der Waals surface area contributed by atoms with E-state index in [1.165, 1.54) is 18.2 Å². The predicted molar refractivity (Wildman–Crippen MR) is 156 cm³/mol. The van der Waals surface area contributed by atoms with Crippen LogP contribution in [0.25, 0.3) is 10.9 Å². The van der Waals surface area contributed by atoms with Crippen molar-refractivity contribution >= 4 is 44.6 Å². The largest absolute Gasteiger partial charge is 0.493 e. The zero-order valence-electron chi connectivity index (χ0n) is 21.4. The van der Waals surface area contributed by atoms with Crippen molar-refractivity contribution in [2.45, 2.75) is 44.6 Å². The molecule has 0 spiro atoms. The van der Waals surface area contributed by atoms with E-state index in [1.807, 2.05) is 24.3 Å². The van der Waals surface area contributed by atoms with Crippen LogP contribution in [0.1, 0.15) is 60.5 Å². The molecule has 5 rings (SSSR count). The molecule has 1 aliphatic rings. The van der Waals surface area contributed by atoms with Crippen molar-refractivity contribution < 1.29 is 9.47 Å². The molecule has 3 aromatic carbocycles. The number of hydrogen-bond donors (Lipinski definition) is 0. The summed E-state index contributed by atoms with van der Waals surface area (Å²) in [6.45, 7) is 0.158. The van der Waals surface area contributed by atoms with Crippen molar-refractivity contribution in [1.29, 1.82) is 5.26 Å². The molecule has 198 valence electrons. The van der Waals surface area contributed by atoms with E-state index in [0.29, 0.717) is 44.4 Å². The summed E-state index contributed by atoms with van der Waals surface area (Å²) in [4.78, 5) is 18.5. The SMILES string of the molecule is COc1cc(C=Nn2c(C3CCCCC3)nc3ccc(Br)cc3c2=O)cc(Cl)c1OCc1ccccc1C#N. The third-order valence-corrected chi connectivity index (χ3v) is 7.66. The van der Waals surface area contributed by atoms with E-state index in [1.54, 1.807) is 36.5 Å². The van der Waals surface area contributed by atoms with Gasteiger partial charge in [0.1, 0.15) is 12.4 Å². The Labute approximate surface area is 239 Å². The first kappa shape index (κ1) is 26.9. The van der Waals surface area contributed by atoms with E-state index in [0.717, 1.165) is 35.7 Å². The summed E-state index contributed by atoms with van der Waals surface area (Å²) in [5.41, 5.74) is 2.37. The average molecular weight is 606 g/mol. The maximum Gasteiger partial charge on any atom is 0.282 e. The first-order chi connectivity index (χ1) is 19.0. The number of halogens is 2. The lowest BCUT2D eigenvalue weighted by Gasteiger charge is -2.22. The van der Waals surface area contributed by atoms with Crippen LogP contribution in [0, 0.1) is 11.3 Å². The van der Waals surface area contributed by atoms with Crippen LogP contribution < -0.4 is 15.0 Å². The molecule has 0 amide bonds. The monoisotopic (exact) mass is 604 g/mol. The Bertz CT molecular complexity index is 1660. The summed E-state index contributed by atoms with van der Waals surface area (Å²) < 4.78 is 13.7. The number of rotatable bonds is 7. The normalized spacial score (nSPS) is 14.0. The maximum atomic E-state index is 13.6. The fourth-order valence-corrected chi connectivity index (χ4v) is 5.52. The maximum absolute atomic E-state index is 13.6. The van der Waals surface area contributed by atoms with Gasteiger partial charge in [-0.2, -0.15) is 15.0 Å². The van der Waals surface area contributed by atoms with Crippen molar-refractivity contribution in [3.63, 3.8) is 0 Å². The minimum absolute atomic E-state index is 0.158. The van der Waals surface area contributed by atoms with Crippen LogP contribution in [-0.4, -0.2) is 23.0 Å². The van der Waals surface area contributed by atoms with E-state index in [9.17, 15) is 10.1 Å². The third-order valence-electron chi connectivity index (χ3n) is 6.89. The standard InChI is InChI=1S/C30H26BrClN4O3/c1-38-27-14-19(13-25(32)28(27)39-18-22-10-6-5-9-21(22)16-33)17-34-36-29(20-7-3-2-4-8-20)35-26-12-11-23(31)15-24(26)30(36)37/h5-6,9-15,17,20H,2-4,7-8,18H2,1H3. The highest BCUT2D eigenvalue weighted by molar-refractivity contribution is 9.10. The number of nitriles is 1. The lowest BCUT2D eigenvalue weighted by Crippen LogP contribution is -2.25. The first-order valence-corrected chi connectivity index (χ1v) is 13.9. The van der Waals surface area contributed by atoms with Gasteiger partial charge in [-0.25, -0.2) is 4.98 Å². The molecule has 4 aromatic rings. The molecule has 0 radical (unpaired) electrons.